The van der Waals surface area contributed by atoms with Gasteiger partial charge in [0.25, 0.3) is 5.91 Å². The zero-order valence-electron chi connectivity index (χ0n) is 15.7. The van der Waals surface area contributed by atoms with Crippen molar-refractivity contribution in [2.45, 2.75) is 25.4 Å². The van der Waals surface area contributed by atoms with Crippen LogP contribution in [0, 0.1) is 0 Å². The summed E-state index contributed by atoms with van der Waals surface area (Å²) in [6, 6.07) is 9.52. The molecule has 1 aromatic carbocycles. The van der Waals surface area contributed by atoms with Crippen molar-refractivity contribution in [3.05, 3.63) is 48.0 Å². The van der Waals surface area contributed by atoms with Crippen LogP contribution in [-0.2, 0) is 6.54 Å². The number of ether oxygens (including phenoxy) is 1. The third-order valence-electron chi connectivity index (χ3n) is 4.78. The third kappa shape index (κ3) is 4.04. The van der Waals surface area contributed by atoms with E-state index in [2.05, 4.69) is 30.9 Å². The van der Waals surface area contributed by atoms with E-state index >= 15 is 0 Å². The van der Waals surface area contributed by atoms with Crippen molar-refractivity contribution in [2.75, 3.05) is 20.2 Å². The molecule has 1 aliphatic rings. The molecule has 1 amide bonds. The molecule has 0 saturated carbocycles. The number of rotatable bonds is 6. The Morgan fingerprint density at radius 1 is 1.32 bits per heavy atom. The average molecular weight is 381 g/mol. The molecule has 0 aliphatic carbocycles. The number of hydrogen-bond acceptors (Lipinski definition) is 6. The van der Waals surface area contributed by atoms with Gasteiger partial charge in [0.1, 0.15) is 17.3 Å². The number of nitrogens with zero attached hydrogens (tertiary/aromatic N) is 4. The van der Waals surface area contributed by atoms with Crippen LogP contribution in [-0.4, -0.2) is 51.1 Å². The fourth-order valence-electron chi connectivity index (χ4n) is 3.22. The molecule has 9 nitrogen and oxygen atoms in total. The SMILES string of the molecule is COc1ccc(-c2n[nH]c(CNC(=O)c3ccn(C4CCCNC4)n3)n2)cc1. The Labute approximate surface area is 162 Å². The second-order valence-corrected chi connectivity index (χ2v) is 6.70. The number of amides is 1. The summed E-state index contributed by atoms with van der Waals surface area (Å²) in [7, 11) is 1.62. The first-order valence-corrected chi connectivity index (χ1v) is 9.33. The summed E-state index contributed by atoms with van der Waals surface area (Å²) in [5.74, 6) is 1.69. The van der Waals surface area contributed by atoms with Crippen molar-refractivity contribution in [1.29, 1.82) is 0 Å². The van der Waals surface area contributed by atoms with Gasteiger partial charge in [-0.25, -0.2) is 4.98 Å². The zero-order chi connectivity index (χ0) is 19.3. The van der Waals surface area contributed by atoms with Crippen LogP contribution in [0.1, 0.15) is 35.2 Å². The molecule has 1 aliphatic heterocycles. The van der Waals surface area contributed by atoms with Gasteiger partial charge in [-0.15, -0.1) is 0 Å². The van der Waals surface area contributed by atoms with E-state index in [9.17, 15) is 4.79 Å². The standard InChI is InChI=1S/C19H23N7O2/c1-28-15-6-4-13(5-7-15)18-22-17(23-24-18)12-21-19(27)16-8-10-26(25-16)14-3-2-9-20-11-14/h4-8,10,14,20H,2-3,9,11-12H2,1H3,(H,21,27)(H,22,23,24). The minimum atomic E-state index is -0.232. The normalized spacial score (nSPS) is 16.7. The first-order valence-electron chi connectivity index (χ1n) is 9.33. The number of nitrogens with one attached hydrogen (secondary N) is 3. The second kappa shape index (κ2) is 8.22. The molecule has 9 heteroatoms. The smallest absolute Gasteiger partial charge is 0.272 e. The van der Waals surface area contributed by atoms with Crippen LogP contribution in [0.25, 0.3) is 11.4 Å². The molecule has 4 rings (SSSR count). The van der Waals surface area contributed by atoms with Gasteiger partial charge < -0.3 is 15.4 Å². The number of aromatic amines is 1. The first kappa shape index (κ1) is 18.2. The molecule has 1 atom stereocenters. The van der Waals surface area contributed by atoms with Crippen LogP contribution >= 0.6 is 0 Å². The lowest BCUT2D eigenvalue weighted by Gasteiger charge is -2.22. The molecule has 3 heterocycles. The number of carbonyl (C=O) groups excluding carboxylic acids is 1. The zero-order valence-corrected chi connectivity index (χ0v) is 15.7. The highest BCUT2D eigenvalue weighted by Crippen LogP contribution is 2.19. The van der Waals surface area contributed by atoms with Crippen LogP contribution in [0.15, 0.2) is 36.5 Å². The van der Waals surface area contributed by atoms with E-state index in [0.717, 1.165) is 37.2 Å². The summed E-state index contributed by atoms with van der Waals surface area (Å²) in [6.45, 7) is 2.18. The summed E-state index contributed by atoms with van der Waals surface area (Å²) in [5.41, 5.74) is 1.27. The molecule has 3 N–H and O–H groups in total. The van der Waals surface area contributed by atoms with Crippen LogP contribution in [0.4, 0.5) is 0 Å². The van der Waals surface area contributed by atoms with E-state index in [1.807, 2.05) is 35.1 Å². The van der Waals surface area contributed by atoms with Crippen LogP contribution < -0.4 is 15.4 Å². The maximum atomic E-state index is 12.4. The maximum absolute atomic E-state index is 12.4. The molecule has 28 heavy (non-hydrogen) atoms. The quantitative estimate of drug-likeness (QED) is 0.597. The minimum Gasteiger partial charge on any atom is -0.497 e. The van der Waals surface area contributed by atoms with Gasteiger partial charge in [0.2, 0.25) is 0 Å². The number of carbonyl (C=O) groups is 1. The van der Waals surface area contributed by atoms with E-state index in [-0.39, 0.29) is 12.5 Å². The summed E-state index contributed by atoms with van der Waals surface area (Å²) >= 11 is 0. The van der Waals surface area contributed by atoms with Gasteiger partial charge in [0.15, 0.2) is 5.82 Å². The van der Waals surface area contributed by atoms with E-state index in [0.29, 0.717) is 23.4 Å². The minimum absolute atomic E-state index is 0.232. The Morgan fingerprint density at radius 3 is 2.93 bits per heavy atom. The summed E-state index contributed by atoms with van der Waals surface area (Å²) in [4.78, 5) is 16.8. The molecule has 1 saturated heterocycles. The maximum Gasteiger partial charge on any atom is 0.272 e. The van der Waals surface area contributed by atoms with E-state index in [1.165, 1.54) is 0 Å². The van der Waals surface area contributed by atoms with Gasteiger partial charge in [-0.3, -0.25) is 14.6 Å². The number of methoxy groups -OCH3 is 1. The first-order chi connectivity index (χ1) is 13.7. The Bertz CT molecular complexity index is 926. The number of piperidine rings is 1. The number of aromatic nitrogens is 5. The number of hydrogen-bond donors (Lipinski definition) is 3. The van der Waals surface area contributed by atoms with Gasteiger partial charge in [0, 0.05) is 18.3 Å². The van der Waals surface area contributed by atoms with Crippen molar-refractivity contribution in [2.24, 2.45) is 0 Å². The number of benzene rings is 1. The molecule has 3 aromatic rings. The summed E-state index contributed by atoms with van der Waals surface area (Å²) < 4.78 is 7.02. The molecule has 0 spiro atoms. The van der Waals surface area contributed by atoms with Crippen molar-refractivity contribution >= 4 is 5.91 Å². The second-order valence-electron chi connectivity index (χ2n) is 6.70. The Balaban J connectivity index is 1.35. The molecule has 2 aromatic heterocycles. The largest absolute Gasteiger partial charge is 0.497 e. The average Bonchev–Trinajstić information content (AvgIpc) is 3.43. The van der Waals surface area contributed by atoms with Crippen LogP contribution in [0.5, 0.6) is 5.75 Å². The number of H-pyrrole nitrogens is 1. The fourth-order valence-corrected chi connectivity index (χ4v) is 3.22. The predicted molar refractivity (Wildman–Crippen MR) is 103 cm³/mol. The van der Waals surface area contributed by atoms with Crippen molar-refractivity contribution in [1.82, 2.24) is 35.6 Å². The molecule has 1 fully saturated rings. The van der Waals surface area contributed by atoms with Crippen molar-refractivity contribution < 1.29 is 9.53 Å². The van der Waals surface area contributed by atoms with Crippen molar-refractivity contribution in [3.63, 3.8) is 0 Å². The molecular formula is C19H23N7O2. The van der Waals surface area contributed by atoms with Gasteiger partial charge >= 0.3 is 0 Å². The monoisotopic (exact) mass is 381 g/mol. The Kier molecular flexibility index (Phi) is 5.34. The molecule has 0 bridgehead atoms. The Morgan fingerprint density at radius 2 is 2.18 bits per heavy atom. The van der Waals surface area contributed by atoms with E-state index in [1.54, 1.807) is 13.2 Å². The lowest BCUT2D eigenvalue weighted by Crippen LogP contribution is -2.32. The Hall–Kier alpha value is -3.20. The highest BCUT2D eigenvalue weighted by atomic mass is 16.5. The molecule has 0 radical (unpaired) electrons. The highest BCUT2D eigenvalue weighted by Gasteiger charge is 2.18. The summed E-state index contributed by atoms with van der Waals surface area (Å²) in [6.07, 6.45) is 4.05. The van der Waals surface area contributed by atoms with Crippen LogP contribution in [0.2, 0.25) is 0 Å². The van der Waals surface area contributed by atoms with Crippen molar-refractivity contribution in [3.8, 4) is 17.1 Å². The highest BCUT2D eigenvalue weighted by molar-refractivity contribution is 5.92. The van der Waals surface area contributed by atoms with Gasteiger partial charge in [-0.2, -0.15) is 10.2 Å². The fraction of sp³-hybridized carbons (Fsp3) is 0.368. The molecule has 1 unspecified atom stereocenters. The van der Waals surface area contributed by atoms with Gasteiger partial charge in [-0.05, 0) is 49.7 Å². The van der Waals surface area contributed by atoms with E-state index < -0.39 is 0 Å². The lowest BCUT2D eigenvalue weighted by atomic mass is 10.1. The topological polar surface area (TPSA) is 110 Å². The summed E-state index contributed by atoms with van der Waals surface area (Å²) in [5, 5.41) is 17.7. The van der Waals surface area contributed by atoms with E-state index in [4.69, 9.17) is 4.74 Å². The van der Waals surface area contributed by atoms with Gasteiger partial charge in [0.05, 0.1) is 19.7 Å². The molecular weight excluding hydrogens is 358 g/mol. The van der Waals surface area contributed by atoms with Gasteiger partial charge in [-0.1, -0.05) is 0 Å². The molecule has 146 valence electrons. The third-order valence-corrected chi connectivity index (χ3v) is 4.78. The lowest BCUT2D eigenvalue weighted by molar-refractivity contribution is 0.0943. The predicted octanol–water partition coefficient (Wildman–Crippen LogP) is 1.53. The van der Waals surface area contributed by atoms with Crippen LogP contribution in [0.3, 0.4) is 0 Å².